The lowest BCUT2D eigenvalue weighted by molar-refractivity contribution is -0.901. The number of rotatable bonds is 7. The molecule has 1 fully saturated rings. The van der Waals surface area contributed by atoms with E-state index in [1.165, 1.54) is 31.5 Å². The van der Waals surface area contributed by atoms with Crippen LogP contribution < -0.4 is 15.5 Å². The maximum Gasteiger partial charge on any atom is 0.411 e. The summed E-state index contributed by atoms with van der Waals surface area (Å²) in [4.78, 5) is 25.6. The standard InChI is InChI=1S/C22H27N3O3/c1-2-28-22(27)24-20-7-5-6-19(14-20)21(26)23-15-17-8-10-18(11-9-17)16-25-12-3-4-13-25/h5-11,14H,2-4,12-13,15-16H2,1H3,(H,23,26)(H,24,27)/p+1. The number of carbonyl (C=O) groups excluding carboxylic acids is 2. The molecule has 2 amide bonds. The van der Waals surface area contributed by atoms with Gasteiger partial charge in [0, 0.05) is 36.2 Å². The Morgan fingerprint density at radius 3 is 2.46 bits per heavy atom. The number of amides is 2. The third-order valence-electron chi connectivity index (χ3n) is 4.89. The van der Waals surface area contributed by atoms with Gasteiger partial charge in [0.25, 0.3) is 5.91 Å². The quantitative estimate of drug-likeness (QED) is 0.688. The van der Waals surface area contributed by atoms with Crippen LogP contribution in [-0.4, -0.2) is 31.7 Å². The smallest absolute Gasteiger partial charge is 0.411 e. The van der Waals surface area contributed by atoms with E-state index in [4.69, 9.17) is 4.74 Å². The Kier molecular flexibility index (Phi) is 7.03. The predicted molar refractivity (Wildman–Crippen MR) is 108 cm³/mol. The van der Waals surface area contributed by atoms with E-state index in [-0.39, 0.29) is 5.91 Å². The van der Waals surface area contributed by atoms with Crippen molar-refractivity contribution < 1.29 is 19.2 Å². The van der Waals surface area contributed by atoms with Crippen molar-refractivity contribution in [2.75, 3.05) is 25.0 Å². The molecular formula is C22H28N3O3+. The van der Waals surface area contributed by atoms with Gasteiger partial charge < -0.3 is 15.0 Å². The normalized spacial score (nSPS) is 13.9. The van der Waals surface area contributed by atoms with E-state index < -0.39 is 6.09 Å². The monoisotopic (exact) mass is 382 g/mol. The molecule has 1 aliphatic heterocycles. The number of anilines is 1. The van der Waals surface area contributed by atoms with Crippen molar-refractivity contribution >= 4 is 17.7 Å². The summed E-state index contributed by atoms with van der Waals surface area (Å²) >= 11 is 0. The van der Waals surface area contributed by atoms with Gasteiger partial charge in [0.2, 0.25) is 0 Å². The number of benzene rings is 2. The highest BCUT2D eigenvalue weighted by atomic mass is 16.5. The molecule has 3 rings (SSSR count). The van der Waals surface area contributed by atoms with E-state index in [1.54, 1.807) is 36.1 Å². The number of likely N-dealkylation sites (tertiary alicyclic amines) is 1. The summed E-state index contributed by atoms with van der Waals surface area (Å²) in [6, 6.07) is 15.2. The first-order valence-electron chi connectivity index (χ1n) is 9.87. The Morgan fingerprint density at radius 2 is 1.75 bits per heavy atom. The Balaban J connectivity index is 1.51. The lowest BCUT2D eigenvalue weighted by atomic mass is 10.1. The molecule has 0 saturated carbocycles. The summed E-state index contributed by atoms with van der Waals surface area (Å²) in [6.45, 7) is 6.11. The summed E-state index contributed by atoms with van der Waals surface area (Å²) in [5, 5.41) is 5.53. The van der Waals surface area contributed by atoms with Crippen molar-refractivity contribution in [3.63, 3.8) is 0 Å². The number of nitrogens with one attached hydrogen (secondary N) is 3. The fourth-order valence-corrected chi connectivity index (χ4v) is 3.42. The molecule has 0 aromatic heterocycles. The number of quaternary nitrogens is 1. The minimum absolute atomic E-state index is 0.182. The first-order chi connectivity index (χ1) is 13.6. The largest absolute Gasteiger partial charge is 0.450 e. The molecule has 0 spiro atoms. The molecule has 1 aliphatic rings. The second kappa shape index (κ2) is 9.90. The lowest BCUT2D eigenvalue weighted by Gasteiger charge is -2.12. The van der Waals surface area contributed by atoms with Crippen LogP contribution in [0.4, 0.5) is 10.5 Å². The number of hydrogen-bond donors (Lipinski definition) is 3. The van der Waals surface area contributed by atoms with E-state index in [2.05, 4.69) is 34.9 Å². The molecule has 3 N–H and O–H groups in total. The summed E-state index contributed by atoms with van der Waals surface area (Å²) in [5.74, 6) is -0.182. The van der Waals surface area contributed by atoms with Gasteiger partial charge in [-0.25, -0.2) is 4.79 Å². The third-order valence-corrected chi connectivity index (χ3v) is 4.89. The molecule has 1 heterocycles. The van der Waals surface area contributed by atoms with E-state index in [9.17, 15) is 9.59 Å². The van der Waals surface area contributed by atoms with Crippen molar-refractivity contribution in [3.8, 4) is 0 Å². The van der Waals surface area contributed by atoms with E-state index in [1.807, 2.05) is 0 Å². The molecule has 28 heavy (non-hydrogen) atoms. The highest BCUT2D eigenvalue weighted by Gasteiger charge is 2.15. The van der Waals surface area contributed by atoms with Gasteiger partial charge >= 0.3 is 6.09 Å². The molecule has 148 valence electrons. The van der Waals surface area contributed by atoms with Crippen LogP contribution in [-0.2, 0) is 17.8 Å². The first kappa shape index (κ1) is 19.9. The molecule has 0 unspecified atom stereocenters. The summed E-state index contributed by atoms with van der Waals surface area (Å²) in [7, 11) is 0. The maximum absolute atomic E-state index is 12.4. The number of ether oxygens (including phenoxy) is 1. The van der Waals surface area contributed by atoms with Crippen molar-refractivity contribution in [1.82, 2.24) is 5.32 Å². The van der Waals surface area contributed by atoms with Crippen LogP contribution in [0.15, 0.2) is 48.5 Å². The Hall–Kier alpha value is -2.86. The van der Waals surface area contributed by atoms with Gasteiger partial charge in [-0.05, 0) is 30.7 Å². The summed E-state index contributed by atoms with van der Waals surface area (Å²) in [6.07, 6.45) is 2.13. The Morgan fingerprint density at radius 1 is 1.04 bits per heavy atom. The summed E-state index contributed by atoms with van der Waals surface area (Å²) < 4.78 is 4.85. The Bertz CT molecular complexity index is 799. The van der Waals surface area contributed by atoms with Crippen LogP contribution in [0.3, 0.4) is 0 Å². The van der Waals surface area contributed by atoms with Gasteiger partial charge in [0.05, 0.1) is 19.7 Å². The second-order valence-electron chi connectivity index (χ2n) is 7.06. The minimum Gasteiger partial charge on any atom is -0.450 e. The minimum atomic E-state index is -0.532. The average molecular weight is 382 g/mol. The maximum atomic E-state index is 12.4. The van der Waals surface area contributed by atoms with Gasteiger partial charge in [-0.1, -0.05) is 30.3 Å². The molecule has 6 nitrogen and oxygen atoms in total. The molecular weight excluding hydrogens is 354 g/mol. The lowest BCUT2D eigenvalue weighted by Crippen LogP contribution is -3.08. The molecule has 0 radical (unpaired) electrons. The number of carbonyl (C=O) groups is 2. The Labute approximate surface area is 165 Å². The van der Waals surface area contributed by atoms with Crippen LogP contribution in [0, 0.1) is 0 Å². The summed E-state index contributed by atoms with van der Waals surface area (Å²) in [5.41, 5.74) is 3.42. The highest BCUT2D eigenvalue weighted by Crippen LogP contribution is 2.12. The van der Waals surface area contributed by atoms with Crippen LogP contribution in [0.1, 0.15) is 41.3 Å². The molecule has 6 heteroatoms. The van der Waals surface area contributed by atoms with Gasteiger partial charge in [-0.15, -0.1) is 0 Å². The van der Waals surface area contributed by atoms with E-state index in [0.29, 0.717) is 24.4 Å². The van der Waals surface area contributed by atoms with Crippen molar-refractivity contribution in [3.05, 3.63) is 65.2 Å². The van der Waals surface area contributed by atoms with Gasteiger partial charge in [0.1, 0.15) is 6.54 Å². The zero-order valence-electron chi connectivity index (χ0n) is 16.3. The van der Waals surface area contributed by atoms with Crippen molar-refractivity contribution in [2.24, 2.45) is 0 Å². The van der Waals surface area contributed by atoms with Crippen LogP contribution in [0.2, 0.25) is 0 Å². The van der Waals surface area contributed by atoms with Gasteiger partial charge in [-0.2, -0.15) is 0 Å². The molecule has 2 aromatic carbocycles. The molecule has 2 aromatic rings. The SMILES string of the molecule is CCOC(=O)Nc1cccc(C(=O)NCc2ccc(C[NH+]3CCCC3)cc2)c1. The number of hydrogen-bond acceptors (Lipinski definition) is 3. The predicted octanol–water partition coefficient (Wildman–Crippen LogP) is 2.36. The third kappa shape index (κ3) is 5.82. The van der Waals surface area contributed by atoms with E-state index >= 15 is 0 Å². The highest BCUT2D eigenvalue weighted by molar-refractivity contribution is 5.96. The molecule has 0 aliphatic carbocycles. The second-order valence-corrected chi connectivity index (χ2v) is 7.06. The fourth-order valence-electron chi connectivity index (χ4n) is 3.42. The van der Waals surface area contributed by atoms with Crippen LogP contribution in [0.5, 0.6) is 0 Å². The zero-order valence-corrected chi connectivity index (χ0v) is 16.3. The van der Waals surface area contributed by atoms with E-state index in [0.717, 1.165) is 12.1 Å². The van der Waals surface area contributed by atoms with Crippen LogP contribution in [0.25, 0.3) is 0 Å². The zero-order chi connectivity index (χ0) is 19.8. The van der Waals surface area contributed by atoms with Crippen LogP contribution >= 0.6 is 0 Å². The van der Waals surface area contributed by atoms with Gasteiger partial charge in [0.15, 0.2) is 0 Å². The average Bonchev–Trinajstić information content (AvgIpc) is 3.20. The fraction of sp³-hybridized carbons (Fsp3) is 0.364. The first-order valence-corrected chi connectivity index (χ1v) is 9.87. The topological polar surface area (TPSA) is 71.9 Å². The molecule has 0 bridgehead atoms. The molecule has 0 atom stereocenters. The van der Waals surface area contributed by atoms with Crippen molar-refractivity contribution in [1.29, 1.82) is 0 Å². The van der Waals surface area contributed by atoms with Crippen molar-refractivity contribution in [2.45, 2.75) is 32.9 Å². The van der Waals surface area contributed by atoms with Gasteiger partial charge in [-0.3, -0.25) is 10.1 Å². The molecule has 1 saturated heterocycles.